The van der Waals surface area contributed by atoms with Crippen LogP contribution in [0.2, 0.25) is 5.02 Å². The molecule has 25 heavy (non-hydrogen) atoms. The number of rotatable bonds is 4. The fourth-order valence-corrected chi connectivity index (χ4v) is 3.83. The van der Waals surface area contributed by atoms with Crippen molar-refractivity contribution >= 4 is 32.5 Å². The van der Waals surface area contributed by atoms with Crippen molar-refractivity contribution in [2.45, 2.75) is 18.4 Å². The van der Waals surface area contributed by atoms with Crippen molar-refractivity contribution < 1.29 is 17.9 Å². The number of hydrogen-bond acceptors (Lipinski definition) is 4. The summed E-state index contributed by atoms with van der Waals surface area (Å²) in [6, 6.07) is 9.98. The molecule has 5 nitrogen and oxygen atoms in total. The maximum Gasteiger partial charge on any atom is 0.244 e. The molecule has 0 aliphatic carbocycles. The standard InChI is InChI=1S/C17H14ClFN2O3S/c1-10-2-7-13-14(18)8-15(17(22)16(13)21-10)25(23,24)20-9-11-3-5-12(19)6-4-11/h2-8,20,22H,9H2,1H3. The molecule has 2 aromatic carbocycles. The molecule has 0 radical (unpaired) electrons. The van der Waals surface area contributed by atoms with Crippen LogP contribution in [0.1, 0.15) is 11.3 Å². The highest BCUT2D eigenvalue weighted by atomic mass is 35.5. The first-order valence-electron chi connectivity index (χ1n) is 7.31. The summed E-state index contributed by atoms with van der Waals surface area (Å²) in [6.07, 6.45) is 0. The summed E-state index contributed by atoms with van der Waals surface area (Å²) in [4.78, 5) is 3.81. The molecule has 0 bridgehead atoms. The maximum absolute atomic E-state index is 12.9. The predicted octanol–water partition coefficient (Wildman–Crippen LogP) is 3.52. The lowest BCUT2D eigenvalue weighted by Crippen LogP contribution is -2.23. The Morgan fingerprint density at radius 1 is 1.20 bits per heavy atom. The molecule has 1 heterocycles. The van der Waals surface area contributed by atoms with Gasteiger partial charge in [0.15, 0.2) is 5.75 Å². The van der Waals surface area contributed by atoms with Crippen LogP contribution in [0.15, 0.2) is 47.4 Å². The number of aryl methyl sites for hydroxylation is 1. The first kappa shape index (κ1) is 17.6. The average molecular weight is 381 g/mol. The van der Waals surface area contributed by atoms with Gasteiger partial charge in [-0.2, -0.15) is 0 Å². The molecule has 2 N–H and O–H groups in total. The number of halogens is 2. The molecule has 0 saturated carbocycles. The van der Waals surface area contributed by atoms with Crippen LogP contribution in [-0.4, -0.2) is 18.5 Å². The number of nitrogens with one attached hydrogen (secondary N) is 1. The number of aromatic nitrogens is 1. The van der Waals surface area contributed by atoms with Crippen LogP contribution < -0.4 is 4.72 Å². The summed E-state index contributed by atoms with van der Waals surface area (Å²) in [5.41, 5.74) is 1.31. The van der Waals surface area contributed by atoms with Gasteiger partial charge in [0.2, 0.25) is 10.0 Å². The van der Waals surface area contributed by atoms with E-state index in [9.17, 15) is 17.9 Å². The summed E-state index contributed by atoms with van der Waals surface area (Å²) in [6.45, 7) is 1.67. The van der Waals surface area contributed by atoms with Crippen LogP contribution in [0.3, 0.4) is 0 Å². The fourth-order valence-electron chi connectivity index (χ4n) is 2.37. The minimum Gasteiger partial charge on any atom is -0.504 e. The summed E-state index contributed by atoms with van der Waals surface area (Å²) in [7, 11) is -4.04. The highest BCUT2D eigenvalue weighted by molar-refractivity contribution is 7.89. The number of benzene rings is 2. The molecular formula is C17H14ClFN2O3S. The second kappa shape index (κ2) is 6.59. The lowest BCUT2D eigenvalue weighted by atomic mass is 10.2. The Kier molecular flexibility index (Phi) is 4.64. The van der Waals surface area contributed by atoms with Crippen LogP contribution >= 0.6 is 11.6 Å². The average Bonchev–Trinajstić information content (AvgIpc) is 2.57. The van der Waals surface area contributed by atoms with E-state index in [2.05, 4.69) is 9.71 Å². The Labute approximate surface area is 149 Å². The van der Waals surface area contributed by atoms with Crippen molar-refractivity contribution in [1.29, 1.82) is 0 Å². The van der Waals surface area contributed by atoms with E-state index in [1.807, 2.05) is 0 Å². The summed E-state index contributed by atoms with van der Waals surface area (Å²) < 4.78 is 40.4. The van der Waals surface area contributed by atoms with E-state index >= 15 is 0 Å². The molecular weight excluding hydrogens is 367 g/mol. The zero-order valence-corrected chi connectivity index (χ0v) is 14.7. The smallest absolute Gasteiger partial charge is 0.244 e. The van der Waals surface area contributed by atoms with E-state index in [4.69, 9.17) is 11.6 Å². The minimum atomic E-state index is -4.04. The topological polar surface area (TPSA) is 79.3 Å². The molecule has 0 spiro atoms. The van der Waals surface area contributed by atoms with Crippen molar-refractivity contribution in [2.24, 2.45) is 0 Å². The first-order chi connectivity index (χ1) is 11.8. The number of sulfonamides is 1. The molecule has 3 rings (SSSR count). The normalized spacial score (nSPS) is 11.8. The Hall–Kier alpha value is -2.22. The molecule has 8 heteroatoms. The second-order valence-corrected chi connectivity index (χ2v) is 7.65. The molecule has 0 amide bonds. The monoisotopic (exact) mass is 380 g/mol. The van der Waals surface area contributed by atoms with Gasteiger partial charge in [-0.25, -0.2) is 22.5 Å². The van der Waals surface area contributed by atoms with E-state index in [1.165, 1.54) is 30.3 Å². The number of phenols is 1. The lowest BCUT2D eigenvalue weighted by molar-refractivity contribution is 0.463. The van der Waals surface area contributed by atoms with Crippen LogP contribution in [0, 0.1) is 12.7 Å². The Morgan fingerprint density at radius 3 is 2.56 bits per heavy atom. The fraction of sp³-hybridized carbons (Fsp3) is 0.118. The van der Waals surface area contributed by atoms with Crippen molar-refractivity contribution in [2.75, 3.05) is 0 Å². The quantitative estimate of drug-likeness (QED) is 0.725. The third kappa shape index (κ3) is 3.58. The number of aromatic hydroxyl groups is 1. The summed E-state index contributed by atoms with van der Waals surface area (Å²) in [5.74, 6) is -0.873. The highest BCUT2D eigenvalue weighted by Crippen LogP contribution is 2.35. The number of fused-ring (bicyclic) bond motifs is 1. The summed E-state index contributed by atoms with van der Waals surface area (Å²) >= 11 is 6.14. The number of phenolic OH excluding ortho intramolecular Hbond substituents is 1. The van der Waals surface area contributed by atoms with Gasteiger partial charge < -0.3 is 5.11 Å². The lowest BCUT2D eigenvalue weighted by Gasteiger charge is -2.12. The third-order valence-corrected chi connectivity index (χ3v) is 5.40. The van der Waals surface area contributed by atoms with E-state index in [0.717, 1.165) is 0 Å². The van der Waals surface area contributed by atoms with Crippen LogP contribution in [0.5, 0.6) is 5.75 Å². The van der Waals surface area contributed by atoms with Crippen molar-refractivity contribution in [3.8, 4) is 5.75 Å². The SMILES string of the molecule is Cc1ccc2c(Cl)cc(S(=O)(=O)NCc3ccc(F)cc3)c(O)c2n1. The largest absolute Gasteiger partial charge is 0.504 e. The zero-order chi connectivity index (χ0) is 18.2. The van der Waals surface area contributed by atoms with Crippen LogP contribution in [0.4, 0.5) is 4.39 Å². The molecule has 1 aromatic heterocycles. The number of nitrogens with zero attached hydrogens (tertiary/aromatic N) is 1. The van der Waals surface area contributed by atoms with Gasteiger partial charge in [-0.1, -0.05) is 23.7 Å². The first-order valence-corrected chi connectivity index (χ1v) is 9.17. The third-order valence-electron chi connectivity index (χ3n) is 3.68. The Bertz CT molecular complexity index is 1050. The van der Waals surface area contributed by atoms with Crippen LogP contribution in [0.25, 0.3) is 10.9 Å². The summed E-state index contributed by atoms with van der Waals surface area (Å²) in [5, 5.41) is 11.0. The second-order valence-electron chi connectivity index (χ2n) is 5.50. The van der Waals surface area contributed by atoms with Gasteiger partial charge in [0.05, 0.1) is 5.02 Å². The molecule has 0 fully saturated rings. The Morgan fingerprint density at radius 2 is 1.88 bits per heavy atom. The molecule has 0 atom stereocenters. The van der Waals surface area contributed by atoms with Crippen molar-refractivity contribution in [3.63, 3.8) is 0 Å². The predicted molar refractivity (Wildman–Crippen MR) is 93.6 cm³/mol. The number of pyridine rings is 1. The molecule has 3 aromatic rings. The molecule has 130 valence electrons. The molecule has 0 saturated heterocycles. The minimum absolute atomic E-state index is 0.0566. The van der Waals surface area contributed by atoms with Gasteiger partial charge in [0, 0.05) is 17.6 Å². The molecule has 0 aliphatic heterocycles. The zero-order valence-electron chi connectivity index (χ0n) is 13.1. The van der Waals surface area contributed by atoms with E-state index in [-0.39, 0.29) is 22.0 Å². The van der Waals surface area contributed by atoms with Gasteiger partial charge in [-0.15, -0.1) is 0 Å². The van der Waals surface area contributed by atoms with E-state index < -0.39 is 21.6 Å². The van der Waals surface area contributed by atoms with Gasteiger partial charge in [-0.05, 0) is 42.8 Å². The van der Waals surface area contributed by atoms with Gasteiger partial charge in [0.25, 0.3) is 0 Å². The van der Waals surface area contributed by atoms with Crippen molar-refractivity contribution in [3.05, 3.63) is 64.6 Å². The van der Waals surface area contributed by atoms with E-state index in [0.29, 0.717) is 16.6 Å². The van der Waals surface area contributed by atoms with E-state index in [1.54, 1.807) is 19.1 Å². The van der Waals surface area contributed by atoms with Gasteiger partial charge in [0.1, 0.15) is 16.2 Å². The van der Waals surface area contributed by atoms with Crippen molar-refractivity contribution in [1.82, 2.24) is 9.71 Å². The number of hydrogen-bond donors (Lipinski definition) is 2. The maximum atomic E-state index is 12.9. The Balaban J connectivity index is 1.99. The highest BCUT2D eigenvalue weighted by Gasteiger charge is 2.23. The van der Waals surface area contributed by atoms with Gasteiger partial charge in [-0.3, -0.25) is 0 Å². The molecule has 0 unspecified atom stereocenters. The van der Waals surface area contributed by atoms with Crippen LogP contribution in [-0.2, 0) is 16.6 Å². The molecule has 0 aliphatic rings. The van der Waals surface area contributed by atoms with Gasteiger partial charge >= 0.3 is 0 Å².